The van der Waals surface area contributed by atoms with E-state index in [-0.39, 0.29) is 5.91 Å². The molecule has 0 aliphatic rings. The number of carbonyl (C=O) groups excluding carboxylic acids is 1. The van der Waals surface area contributed by atoms with E-state index in [9.17, 15) is 4.79 Å². The molecule has 0 bridgehead atoms. The Morgan fingerprint density at radius 2 is 1.83 bits per heavy atom. The van der Waals surface area contributed by atoms with Crippen LogP contribution < -0.4 is 16.2 Å². The fraction of sp³-hybridized carbons (Fsp3) is 0.692. The van der Waals surface area contributed by atoms with E-state index >= 15 is 0 Å². The Hall–Kier alpha value is -1.10. The predicted octanol–water partition coefficient (Wildman–Crippen LogP) is 2.42. The van der Waals surface area contributed by atoms with Crippen molar-refractivity contribution in [3.8, 4) is 0 Å². The molecule has 3 N–H and O–H groups in total. The molecule has 0 aromatic rings. The summed E-state index contributed by atoms with van der Waals surface area (Å²) in [7, 11) is 0. The highest BCUT2D eigenvalue weighted by atomic mass is 32.1. The standard InChI is InChI=1S/C13H25N3OS/c1-3-5-6-7-8-9-10-12(17)15-16-13(18)14-11-4-2/h4H,2-3,5-11H2,1H3,(H,15,17)(H2,14,16,18). The summed E-state index contributed by atoms with van der Waals surface area (Å²) in [6.07, 6.45) is 9.32. The molecular weight excluding hydrogens is 246 g/mol. The molecule has 0 unspecified atom stereocenters. The molecule has 0 radical (unpaired) electrons. The normalized spacial score (nSPS) is 9.61. The van der Waals surface area contributed by atoms with Crippen LogP contribution in [0.1, 0.15) is 51.9 Å². The monoisotopic (exact) mass is 271 g/mol. The third-order valence-corrected chi connectivity index (χ3v) is 2.73. The Labute approximate surface area is 116 Å². The van der Waals surface area contributed by atoms with Crippen LogP contribution in [0, 0.1) is 0 Å². The summed E-state index contributed by atoms with van der Waals surface area (Å²) in [5, 5.41) is 3.27. The third-order valence-electron chi connectivity index (χ3n) is 2.48. The molecule has 18 heavy (non-hydrogen) atoms. The molecule has 0 saturated heterocycles. The zero-order valence-corrected chi connectivity index (χ0v) is 12.1. The first-order valence-electron chi connectivity index (χ1n) is 6.64. The van der Waals surface area contributed by atoms with Crippen molar-refractivity contribution in [1.82, 2.24) is 16.2 Å². The first-order chi connectivity index (χ1) is 8.70. The average Bonchev–Trinajstić information content (AvgIpc) is 2.38. The molecule has 0 rings (SSSR count). The molecule has 5 heteroatoms. The molecule has 0 aromatic heterocycles. The number of unbranched alkanes of at least 4 members (excludes halogenated alkanes) is 5. The predicted molar refractivity (Wildman–Crippen MR) is 80.1 cm³/mol. The summed E-state index contributed by atoms with van der Waals surface area (Å²) in [4.78, 5) is 11.4. The van der Waals surface area contributed by atoms with Gasteiger partial charge in [0.1, 0.15) is 0 Å². The van der Waals surface area contributed by atoms with Crippen LogP contribution >= 0.6 is 12.2 Å². The highest BCUT2D eigenvalue weighted by Gasteiger charge is 2.01. The summed E-state index contributed by atoms with van der Waals surface area (Å²) in [6, 6.07) is 0. The second-order valence-electron chi connectivity index (χ2n) is 4.19. The van der Waals surface area contributed by atoms with Crippen molar-refractivity contribution < 1.29 is 4.79 Å². The van der Waals surface area contributed by atoms with Crippen molar-refractivity contribution >= 4 is 23.2 Å². The molecule has 0 heterocycles. The average molecular weight is 271 g/mol. The minimum atomic E-state index is -0.0201. The van der Waals surface area contributed by atoms with Crippen molar-refractivity contribution in [2.24, 2.45) is 0 Å². The maximum atomic E-state index is 11.4. The van der Waals surface area contributed by atoms with Gasteiger partial charge in [0.25, 0.3) is 0 Å². The maximum absolute atomic E-state index is 11.4. The number of hydrazine groups is 1. The topological polar surface area (TPSA) is 53.2 Å². The van der Waals surface area contributed by atoms with E-state index in [2.05, 4.69) is 29.7 Å². The number of nitrogens with one attached hydrogen (secondary N) is 3. The van der Waals surface area contributed by atoms with E-state index in [4.69, 9.17) is 12.2 Å². The van der Waals surface area contributed by atoms with Gasteiger partial charge in [-0.1, -0.05) is 45.1 Å². The van der Waals surface area contributed by atoms with Crippen LogP contribution in [-0.4, -0.2) is 17.6 Å². The van der Waals surface area contributed by atoms with E-state index in [0.29, 0.717) is 18.1 Å². The van der Waals surface area contributed by atoms with Gasteiger partial charge in [0.05, 0.1) is 0 Å². The van der Waals surface area contributed by atoms with Gasteiger partial charge in [0.2, 0.25) is 5.91 Å². The number of thiocarbonyl (C=S) groups is 1. The minimum absolute atomic E-state index is 0.0201. The van der Waals surface area contributed by atoms with E-state index in [0.717, 1.165) is 12.8 Å². The van der Waals surface area contributed by atoms with E-state index in [1.54, 1.807) is 6.08 Å². The minimum Gasteiger partial charge on any atom is -0.358 e. The Bertz CT molecular complexity index is 257. The molecule has 0 atom stereocenters. The number of hydrogen-bond acceptors (Lipinski definition) is 2. The lowest BCUT2D eigenvalue weighted by Crippen LogP contribution is -2.46. The Balaban J connectivity index is 3.37. The second kappa shape index (κ2) is 12.4. The molecule has 1 amide bonds. The zero-order valence-electron chi connectivity index (χ0n) is 11.3. The fourth-order valence-electron chi connectivity index (χ4n) is 1.46. The highest BCUT2D eigenvalue weighted by Crippen LogP contribution is 2.06. The molecular formula is C13H25N3OS. The molecule has 0 fully saturated rings. The van der Waals surface area contributed by atoms with Crippen molar-refractivity contribution in [3.05, 3.63) is 12.7 Å². The summed E-state index contributed by atoms with van der Waals surface area (Å²) in [5.74, 6) is -0.0201. The van der Waals surface area contributed by atoms with Gasteiger partial charge < -0.3 is 5.32 Å². The Morgan fingerprint density at radius 1 is 1.17 bits per heavy atom. The lowest BCUT2D eigenvalue weighted by atomic mass is 10.1. The Kier molecular flexibility index (Phi) is 11.6. The van der Waals surface area contributed by atoms with E-state index < -0.39 is 0 Å². The van der Waals surface area contributed by atoms with Gasteiger partial charge in [-0.25, -0.2) is 0 Å². The summed E-state index contributed by atoms with van der Waals surface area (Å²) in [5.41, 5.74) is 5.22. The molecule has 104 valence electrons. The number of amides is 1. The largest absolute Gasteiger partial charge is 0.358 e. The lowest BCUT2D eigenvalue weighted by Gasteiger charge is -2.10. The summed E-state index contributed by atoms with van der Waals surface area (Å²) >= 11 is 4.94. The maximum Gasteiger partial charge on any atom is 0.238 e. The second-order valence-corrected chi connectivity index (χ2v) is 4.60. The Morgan fingerprint density at radius 3 is 2.50 bits per heavy atom. The molecule has 0 aliphatic carbocycles. The van der Waals surface area contributed by atoms with Gasteiger partial charge >= 0.3 is 0 Å². The summed E-state index contributed by atoms with van der Waals surface area (Å²) < 4.78 is 0. The fourth-order valence-corrected chi connectivity index (χ4v) is 1.60. The van der Waals surface area contributed by atoms with Crippen LogP contribution in [0.5, 0.6) is 0 Å². The smallest absolute Gasteiger partial charge is 0.238 e. The van der Waals surface area contributed by atoms with Gasteiger partial charge in [-0.15, -0.1) is 6.58 Å². The first-order valence-corrected chi connectivity index (χ1v) is 7.05. The van der Waals surface area contributed by atoms with Crippen molar-refractivity contribution in [3.63, 3.8) is 0 Å². The first kappa shape index (κ1) is 16.9. The van der Waals surface area contributed by atoms with Gasteiger partial charge in [0.15, 0.2) is 5.11 Å². The summed E-state index contributed by atoms with van der Waals surface area (Å²) in [6.45, 7) is 6.34. The molecule has 0 saturated carbocycles. The van der Waals surface area contributed by atoms with Gasteiger partial charge in [-0.05, 0) is 18.6 Å². The molecule has 0 aromatic carbocycles. The number of carbonyl (C=O) groups is 1. The molecule has 0 spiro atoms. The van der Waals surface area contributed by atoms with Crippen LogP contribution in [0.25, 0.3) is 0 Å². The van der Waals surface area contributed by atoms with Crippen LogP contribution in [0.3, 0.4) is 0 Å². The van der Waals surface area contributed by atoms with Crippen LogP contribution in [0.15, 0.2) is 12.7 Å². The van der Waals surface area contributed by atoms with Gasteiger partial charge in [-0.3, -0.25) is 15.6 Å². The lowest BCUT2D eigenvalue weighted by molar-refractivity contribution is -0.121. The van der Waals surface area contributed by atoms with Crippen molar-refractivity contribution in [2.45, 2.75) is 51.9 Å². The number of rotatable bonds is 9. The zero-order chi connectivity index (χ0) is 13.6. The number of hydrogen-bond donors (Lipinski definition) is 3. The third kappa shape index (κ3) is 11.4. The quantitative estimate of drug-likeness (QED) is 0.261. The molecule has 0 aliphatic heterocycles. The van der Waals surface area contributed by atoms with Crippen LogP contribution in [0.2, 0.25) is 0 Å². The van der Waals surface area contributed by atoms with E-state index in [1.807, 2.05) is 0 Å². The van der Waals surface area contributed by atoms with Gasteiger partial charge in [-0.2, -0.15) is 0 Å². The van der Waals surface area contributed by atoms with Crippen LogP contribution in [0.4, 0.5) is 0 Å². The van der Waals surface area contributed by atoms with Gasteiger partial charge in [0, 0.05) is 13.0 Å². The SMILES string of the molecule is C=CCNC(=S)NNC(=O)CCCCCCCC. The van der Waals surface area contributed by atoms with E-state index in [1.165, 1.54) is 25.7 Å². The highest BCUT2D eigenvalue weighted by molar-refractivity contribution is 7.80. The van der Waals surface area contributed by atoms with Crippen LogP contribution in [-0.2, 0) is 4.79 Å². The van der Waals surface area contributed by atoms with Crippen molar-refractivity contribution in [1.29, 1.82) is 0 Å². The van der Waals surface area contributed by atoms with Crippen molar-refractivity contribution in [2.75, 3.05) is 6.54 Å². The molecule has 4 nitrogen and oxygen atoms in total.